The predicted molar refractivity (Wildman–Crippen MR) is 39.0 cm³/mol. The van der Waals surface area contributed by atoms with Crippen LogP contribution in [0.5, 0.6) is 0 Å². The molecule has 0 aromatic carbocycles. The molecule has 9 heavy (non-hydrogen) atoms. The highest BCUT2D eigenvalue weighted by Gasteiger charge is 2.08. The molecule has 52 valence electrons. The zero-order chi connectivity index (χ0) is 6.53. The highest BCUT2D eigenvalue weighted by atomic mass is 15.1. The molecule has 0 radical (unpaired) electrons. The fraction of sp³-hybridized carbons (Fsp3) is 0.714. The number of likely N-dealkylation sites (tertiary alicyclic amines) is 1. The van der Waals surface area contributed by atoms with Crippen molar-refractivity contribution in [2.45, 2.75) is 12.8 Å². The molecule has 0 amide bonds. The molecule has 0 bridgehead atoms. The van der Waals surface area contributed by atoms with E-state index < -0.39 is 0 Å². The molecule has 2 nitrogen and oxygen atoms in total. The Bertz CT molecular complexity index is 93.1. The van der Waals surface area contributed by atoms with Crippen LogP contribution in [0.2, 0.25) is 0 Å². The van der Waals surface area contributed by atoms with E-state index in [1.54, 1.807) is 6.20 Å². The summed E-state index contributed by atoms with van der Waals surface area (Å²) in [7, 11) is 0. The molecule has 1 fully saturated rings. The zero-order valence-electron chi connectivity index (χ0n) is 5.71. The Morgan fingerprint density at radius 3 is 2.56 bits per heavy atom. The summed E-state index contributed by atoms with van der Waals surface area (Å²) in [4.78, 5) is 2.41. The maximum absolute atomic E-state index is 5.20. The van der Waals surface area contributed by atoms with Crippen LogP contribution in [-0.4, -0.2) is 24.5 Å². The molecule has 0 aromatic heterocycles. The molecule has 0 aromatic rings. The van der Waals surface area contributed by atoms with Crippen molar-refractivity contribution in [3.63, 3.8) is 0 Å². The van der Waals surface area contributed by atoms with Crippen LogP contribution >= 0.6 is 0 Å². The minimum atomic E-state index is 1.04. The van der Waals surface area contributed by atoms with Crippen molar-refractivity contribution in [3.05, 3.63) is 12.3 Å². The summed E-state index contributed by atoms with van der Waals surface area (Å²) in [6.45, 7) is 3.55. The molecule has 0 saturated carbocycles. The van der Waals surface area contributed by atoms with Gasteiger partial charge in [0.2, 0.25) is 0 Å². The lowest BCUT2D eigenvalue weighted by atomic mass is 10.4. The first-order chi connectivity index (χ1) is 4.43. The lowest BCUT2D eigenvalue weighted by molar-refractivity contribution is 0.377. The topological polar surface area (TPSA) is 29.3 Å². The van der Waals surface area contributed by atoms with Gasteiger partial charge in [-0.1, -0.05) is 6.08 Å². The van der Waals surface area contributed by atoms with Crippen LogP contribution in [0.25, 0.3) is 0 Å². The van der Waals surface area contributed by atoms with E-state index >= 15 is 0 Å². The summed E-state index contributed by atoms with van der Waals surface area (Å²) < 4.78 is 0. The lowest BCUT2D eigenvalue weighted by Gasteiger charge is -2.09. The summed E-state index contributed by atoms with van der Waals surface area (Å²) in [6, 6.07) is 0. The monoisotopic (exact) mass is 126 g/mol. The first-order valence-electron chi connectivity index (χ1n) is 3.52. The van der Waals surface area contributed by atoms with Gasteiger partial charge in [0.05, 0.1) is 0 Å². The van der Waals surface area contributed by atoms with Crippen molar-refractivity contribution < 1.29 is 0 Å². The van der Waals surface area contributed by atoms with Gasteiger partial charge in [-0.3, -0.25) is 4.90 Å². The molecule has 1 aliphatic rings. The van der Waals surface area contributed by atoms with Crippen molar-refractivity contribution in [1.29, 1.82) is 0 Å². The minimum absolute atomic E-state index is 1.04. The van der Waals surface area contributed by atoms with Gasteiger partial charge in [-0.15, -0.1) is 0 Å². The molecule has 1 aliphatic heterocycles. The van der Waals surface area contributed by atoms with E-state index in [0.717, 1.165) is 6.54 Å². The molecule has 2 heteroatoms. The Kier molecular flexibility index (Phi) is 2.58. The molecular formula is C7H14N2. The highest BCUT2D eigenvalue weighted by Crippen LogP contribution is 2.05. The Labute approximate surface area is 56.3 Å². The lowest BCUT2D eigenvalue weighted by Crippen LogP contribution is -2.18. The first kappa shape index (κ1) is 6.62. The third-order valence-electron chi connectivity index (χ3n) is 1.70. The van der Waals surface area contributed by atoms with Crippen LogP contribution in [0.1, 0.15) is 12.8 Å². The number of nitrogens with zero attached hydrogens (tertiary/aromatic N) is 1. The summed E-state index contributed by atoms with van der Waals surface area (Å²) in [5.74, 6) is 0. The van der Waals surface area contributed by atoms with Crippen LogP contribution in [0.4, 0.5) is 0 Å². The number of hydrogen-bond acceptors (Lipinski definition) is 2. The van der Waals surface area contributed by atoms with E-state index in [4.69, 9.17) is 5.73 Å². The Morgan fingerprint density at radius 2 is 2.00 bits per heavy atom. The molecule has 0 atom stereocenters. The fourth-order valence-electron chi connectivity index (χ4n) is 1.18. The van der Waals surface area contributed by atoms with Crippen molar-refractivity contribution >= 4 is 0 Å². The van der Waals surface area contributed by atoms with Crippen molar-refractivity contribution in [2.24, 2.45) is 5.73 Å². The normalized spacial score (nSPS) is 21.8. The van der Waals surface area contributed by atoms with Gasteiger partial charge in [0.1, 0.15) is 0 Å². The molecule has 1 rings (SSSR count). The van der Waals surface area contributed by atoms with Crippen LogP contribution in [0, 0.1) is 0 Å². The van der Waals surface area contributed by atoms with Crippen LogP contribution in [-0.2, 0) is 0 Å². The molecule has 0 unspecified atom stereocenters. The van der Waals surface area contributed by atoms with Crippen LogP contribution < -0.4 is 5.73 Å². The number of nitrogens with two attached hydrogens (primary N) is 1. The Hall–Kier alpha value is -0.500. The molecule has 0 spiro atoms. The van der Waals surface area contributed by atoms with Crippen molar-refractivity contribution in [2.75, 3.05) is 19.6 Å². The molecule has 0 aliphatic carbocycles. The Balaban J connectivity index is 2.11. The van der Waals surface area contributed by atoms with E-state index in [1.165, 1.54) is 25.9 Å². The van der Waals surface area contributed by atoms with Gasteiger partial charge in [0.15, 0.2) is 0 Å². The third-order valence-corrected chi connectivity index (χ3v) is 1.70. The smallest absolute Gasteiger partial charge is 0.0180 e. The second-order valence-corrected chi connectivity index (χ2v) is 2.44. The second kappa shape index (κ2) is 3.51. The van der Waals surface area contributed by atoms with Crippen molar-refractivity contribution in [1.82, 2.24) is 4.90 Å². The maximum atomic E-state index is 5.20. The van der Waals surface area contributed by atoms with Gasteiger partial charge in [-0.05, 0) is 32.1 Å². The fourth-order valence-corrected chi connectivity index (χ4v) is 1.18. The largest absolute Gasteiger partial charge is 0.405 e. The third kappa shape index (κ3) is 2.06. The SMILES string of the molecule is NC=CCN1CCCC1. The molecule has 1 saturated heterocycles. The van der Waals surface area contributed by atoms with Gasteiger partial charge >= 0.3 is 0 Å². The van der Waals surface area contributed by atoms with Gasteiger partial charge in [0, 0.05) is 6.54 Å². The second-order valence-electron chi connectivity index (χ2n) is 2.44. The average molecular weight is 126 g/mol. The summed E-state index contributed by atoms with van der Waals surface area (Å²) in [5.41, 5.74) is 5.20. The molecular weight excluding hydrogens is 112 g/mol. The minimum Gasteiger partial charge on any atom is -0.405 e. The number of hydrogen-bond donors (Lipinski definition) is 1. The molecule has 2 N–H and O–H groups in total. The zero-order valence-corrected chi connectivity index (χ0v) is 5.71. The quantitative estimate of drug-likeness (QED) is 0.585. The standard InChI is InChI=1S/C7H14N2/c8-4-3-7-9-5-1-2-6-9/h3-4H,1-2,5-8H2. The average Bonchev–Trinajstić information content (AvgIpc) is 2.34. The Morgan fingerprint density at radius 1 is 1.33 bits per heavy atom. The van der Waals surface area contributed by atoms with Crippen LogP contribution in [0.3, 0.4) is 0 Å². The van der Waals surface area contributed by atoms with Gasteiger partial charge in [-0.2, -0.15) is 0 Å². The van der Waals surface area contributed by atoms with Gasteiger partial charge in [-0.25, -0.2) is 0 Å². The van der Waals surface area contributed by atoms with Gasteiger partial charge < -0.3 is 5.73 Å². The van der Waals surface area contributed by atoms with E-state index in [9.17, 15) is 0 Å². The van der Waals surface area contributed by atoms with E-state index in [-0.39, 0.29) is 0 Å². The van der Waals surface area contributed by atoms with Crippen molar-refractivity contribution in [3.8, 4) is 0 Å². The summed E-state index contributed by atoms with van der Waals surface area (Å²) in [5, 5.41) is 0. The summed E-state index contributed by atoms with van der Waals surface area (Å²) in [6.07, 6.45) is 6.35. The van der Waals surface area contributed by atoms with E-state index in [1.807, 2.05) is 6.08 Å². The number of rotatable bonds is 2. The first-order valence-corrected chi connectivity index (χ1v) is 3.52. The van der Waals surface area contributed by atoms with Gasteiger partial charge in [0.25, 0.3) is 0 Å². The molecule has 1 heterocycles. The summed E-state index contributed by atoms with van der Waals surface area (Å²) >= 11 is 0. The maximum Gasteiger partial charge on any atom is 0.0180 e. The predicted octanol–water partition coefficient (Wildman–Crippen LogP) is 0.555. The van der Waals surface area contributed by atoms with E-state index in [2.05, 4.69) is 4.90 Å². The van der Waals surface area contributed by atoms with E-state index in [0.29, 0.717) is 0 Å². The van der Waals surface area contributed by atoms with Crippen LogP contribution in [0.15, 0.2) is 12.3 Å². The highest BCUT2D eigenvalue weighted by molar-refractivity contribution is 4.81.